The minimum atomic E-state index is -3.56. The summed E-state index contributed by atoms with van der Waals surface area (Å²) < 4.78 is 28.9. The van der Waals surface area contributed by atoms with E-state index in [-0.39, 0.29) is 22.6 Å². The standard InChI is InChI=1S/C21H30N6O3S2/c1-7-27(8-2)32(29,30)14-9-10-16-15(13-14)22-17(26(16)6)11-12-18(28)23-20-25-24-19(31-20)21(3,4)5/h9-10,13H,7-8,11-12H2,1-6H3,(H,23,25,28). The molecule has 0 saturated carbocycles. The number of anilines is 1. The number of rotatable bonds is 8. The van der Waals surface area contributed by atoms with Gasteiger partial charge in [-0.15, -0.1) is 10.2 Å². The first-order valence-electron chi connectivity index (χ1n) is 10.6. The molecule has 0 atom stereocenters. The van der Waals surface area contributed by atoms with E-state index in [1.807, 2.05) is 46.2 Å². The van der Waals surface area contributed by atoms with Crippen molar-refractivity contribution in [2.75, 3.05) is 18.4 Å². The van der Waals surface area contributed by atoms with Gasteiger partial charge in [0.1, 0.15) is 10.8 Å². The van der Waals surface area contributed by atoms with Gasteiger partial charge in [-0.1, -0.05) is 46.0 Å². The topological polar surface area (TPSA) is 110 Å². The fourth-order valence-corrected chi connectivity index (χ4v) is 5.61. The highest BCUT2D eigenvalue weighted by Gasteiger charge is 2.23. The van der Waals surface area contributed by atoms with Crippen molar-refractivity contribution in [3.63, 3.8) is 0 Å². The maximum absolute atomic E-state index is 12.8. The van der Waals surface area contributed by atoms with Crippen LogP contribution in [-0.2, 0) is 33.7 Å². The third kappa shape index (κ3) is 5.00. The molecule has 3 aromatic rings. The molecule has 1 N–H and O–H groups in total. The Kier molecular flexibility index (Phi) is 7.01. The fraction of sp³-hybridized carbons (Fsp3) is 0.524. The Labute approximate surface area is 192 Å². The summed E-state index contributed by atoms with van der Waals surface area (Å²) in [6.07, 6.45) is 0.645. The molecule has 2 aromatic heterocycles. The number of hydrogen-bond donors (Lipinski definition) is 1. The van der Waals surface area contributed by atoms with Crippen LogP contribution < -0.4 is 5.32 Å². The number of amides is 1. The number of nitrogens with zero attached hydrogens (tertiary/aromatic N) is 5. The molecular formula is C21H30N6O3S2. The molecule has 0 unspecified atom stereocenters. The highest BCUT2D eigenvalue weighted by Crippen LogP contribution is 2.28. The number of benzene rings is 1. The van der Waals surface area contributed by atoms with Crippen molar-refractivity contribution in [1.29, 1.82) is 0 Å². The lowest BCUT2D eigenvalue weighted by Gasteiger charge is -2.18. The van der Waals surface area contributed by atoms with Gasteiger partial charge >= 0.3 is 0 Å². The van der Waals surface area contributed by atoms with Crippen molar-refractivity contribution >= 4 is 43.4 Å². The summed E-state index contributed by atoms with van der Waals surface area (Å²) in [5, 5.41) is 12.3. The van der Waals surface area contributed by atoms with Crippen LogP contribution in [0.25, 0.3) is 11.0 Å². The van der Waals surface area contributed by atoms with E-state index in [1.165, 1.54) is 15.6 Å². The summed E-state index contributed by atoms with van der Waals surface area (Å²) in [5.41, 5.74) is 1.29. The van der Waals surface area contributed by atoms with Crippen LogP contribution in [0.5, 0.6) is 0 Å². The molecule has 0 aliphatic rings. The van der Waals surface area contributed by atoms with Crippen molar-refractivity contribution in [2.24, 2.45) is 7.05 Å². The maximum Gasteiger partial charge on any atom is 0.243 e. The van der Waals surface area contributed by atoms with Gasteiger partial charge in [0.25, 0.3) is 0 Å². The zero-order valence-electron chi connectivity index (χ0n) is 19.3. The first-order chi connectivity index (χ1) is 15.0. The van der Waals surface area contributed by atoms with Crippen LogP contribution in [0, 0.1) is 0 Å². The van der Waals surface area contributed by atoms with E-state index in [0.717, 1.165) is 10.5 Å². The average Bonchev–Trinajstić information content (AvgIpc) is 3.31. The molecule has 0 fully saturated rings. The van der Waals surface area contributed by atoms with Gasteiger partial charge in [-0.05, 0) is 18.2 Å². The molecule has 2 heterocycles. The molecule has 0 spiro atoms. The maximum atomic E-state index is 12.8. The van der Waals surface area contributed by atoms with Crippen molar-refractivity contribution in [3.05, 3.63) is 29.0 Å². The lowest BCUT2D eigenvalue weighted by molar-refractivity contribution is -0.116. The van der Waals surface area contributed by atoms with Crippen molar-refractivity contribution in [1.82, 2.24) is 24.1 Å². The summed E-state index contributed by atoms with van der Waals surface area (Å²) in [6.45, 7) is 10.6. The van der Waals surface area contributed by atoms with Crippen LogP contribution in [0.4, 0.5) is 5.13 Å². The van der Waals surface area contributed by atoms with Gasteiger partial charge in [0.15, 0.2) is 0 Å². The molecule has 0 radical (unpaired) electrons. The summed E-state index contributed by atoms with van der Waals surface area (Å²) >= 11 is 1.37. The number of nitrogens with one attached hydrogen (secondary N) is 1. The van der Waals surface area contributed by atoms with E-state index >= 15 is 0 Å². The number of imidazole rings is 1. The molecule has 1 aromatic carbocycles. The van der Waals surface area contributed by atoms with Crippen molar-refractivity contribution < 1.29 is 13.2 Å². The molecule has 0 bridgehead atoms. The van der Waals surface area contributed by atoms with Gasteiger partial charge in [0, 0.05) is 38.4 Å². The lowest BCUT2D eigenvalue weighted by atomic mass is 9.98. The minimum Gasteiger partial charge on any atom is -0.331 e. The third-order valence-corrected chi connectivity index (χ3v) is 8.49. The van der Waals surface area contributed by atoms with Crippen LogP contribution in [-0.4, -0.2) is 51.5 Å². The third-order valence-electron chi connectivity index (χ3n) is 5.18. The number of sulfonamides is 1. The lowest BCUT2D eigenvalue weighted by Crippen LogP contribution is -2.30. The Balaban J connectivity index is 1.73. The first kappa shape index (κ1) is 24.3. The summed E-state index contributed by atoms with van der Waals surface area (Å²) in [6, 6.07) is 4.97. The van der Waals surface area contributed by atoms with Gasteiger partial charge in [0.05, 0.1) is 15.9 Å². The summed E-state index contributed by atoms with van der Waals surface area (Å²) in [4.78, 5) is 17.2. The smallest absolute Gasteiger partial charge is 0.243 e. The van der Waals surface area contributed by atoms with Crippen LogP contribution in [0.2, 0.25) is 0 Å². The second-order valence-corrected chi connectivity index (χ2v) is 11.5. The van der Waals surface area contributed by atoms with Gasteiger partial charge in [-0.2, -0.15) is 4.31 Å². The Bertz CT molecular complexity index is 1220. The highest BCUT2D eigenvalue weighted by molar-refractivity contribution is 7.89. The van der Waals surface area contributed by atoms with E-state index in [4.69, 9.17) is 0 Å². The van der Waals surface area contributed by atoms with Gasteiger partial charge in [-0.3, -0.25) is 4.79 Å². The van der Waals surface area contributed by atoms with Crippen LogP contribution in [0.15, 0.2) is 23.1 Å². The molecule has 174 valence electrons. The van der Waals surface area contributed by atoms with E-state index in [2.05, 4.69) is 20.5 Å². The first-order valence-corrected chi connectivity index (χ1v) is 12.8. The van der Waals surface area contributed by atoms with E-state index < -0.39 is 10.0 Å². The highest BCUT2D eigenvalue weighted by atomic mass is 32.2. The molecule has 0 aliphatic carbocycles. The van der Waals surface area contributed by atoms with Crippen molar-refractivity contribution in [2.45, 2.75) is 57.8 Å². The quantitative estimate of drug-likeness (QED) is 0.532. The number of fused-ring (bicyclic) bond motifs is 1. The minimum absolute atomic E-state index is 0.120. The molecular weight excluding hydrogens is 448 g/mol. The van der Waals surface area contributed by atoms with Gasteiger partial charge < -0.3 is 9.88 Å². The predicted octanol–water partition coefficient (Wildman–Crippen LogP) is 3.32. The van der Waals surface area contributed by atoms with Gasteiger partial charge in [-0.25, -0.2) is 13.4 Å². The Hall–Kier alpha value is -2.37. The number of hydrogen-bond acceptors (Lipinski definition) is 7. The normalized spacial score (nSPS) is 12.6. The largest absolute Gasteiger partial charge is 0.331 e. The fourth-order valence-electron chi connectivity index (χ4n) is 3.31. The molecule has 32 heavy (non-hydrogen) atoms. The Morgan fingerprint density at radius 1 is 1.19 bits per heavy atom. The average molecular weight is 479 g/mol. The molecule has 1 amide bonds. The van der Waals surface area contributed by atoms with Crippen LogP contribution in [0.1, 0.15) is 51.9 Å². The van der Waals surface area contributed by atoms with E-state index in [1.54, 1.807) is 18.2 Å². The number of carbonyl (C=O) groups excluding carboxylic acids is 1. The molecule has 3 rings (SSSR count). The van der Waals surface area contributed by atoms with E-state index in [0.29, 0.717) is 36.0 Å². The van der Waals surface area contributed by atoms with Crippen LogP contribution in [0.3, 0.4) is 0 Å². The molecule has 11 heteroatoms. The van der Waals surface area contributed by atoms with E-state index in [9.17, 15) is 13.2 Å². The Morgan fingerprint density at radius 2 is 1.88 bits per heavy atom. The second-order valence-electron chi connectivity index (χ2n) is 8.54. The number of carbonyl (C=O) groups is 1. The molecule has 0 aliphatic heterocycles. The monoisotopic (exact) mass is 478 g/mol. The van der Waals surface area contributed by atoms with Gasteiger partial charge in [0.2, 0.25) is 21.1 Å². The molecule has 9 nitrogen and oxygen atoms in total. The zero-order chi connectivity index (χ0) is 23.7. The summed E-state index contributed by atoms with van der Waals surface area (Å²) in [5.74, 6) is 0.540. The number of aryl methyl sites for hydroxylation is 2. The van der Waals surface area contributed by atoms with Crippen LogP contribution >= 0.6 is 11.3 Å². The zero-order valence-corrected chi connectivity index (χ0v) is 21.0. The predicted molar refractivity (Wildman–Crippen MR) is 126 cm³/mol. The number of aromatic nitrogens is 4. The molecule has 0 saturated heterocycles. The summed E-state index contributed by atoms with van der Waals surface area (Å²) in [7, 11) is -1.69. The second kappa shape index (κ2) is 9.24. The Morgan fingerprint density at radius 3 is 2.47 bits per heavy atom. The SMILES string of the molecule is CCN(CC)S(=O)(=O)c1ccc2c(c1)nc(CCC(=O)Nc1nnc(C(C)(C)C)s1)n2C. The van der Waals surface area contributed by atoms with Crippen molar-refractivity contribution in [3.8, 4) is 0 Å².